The van der Waals surface area contributed by atoms with Crippen LogP contribution in [0.15, 0.2) is 24.3 Å². The van der Waals surface area contributed by atoms with Crippen molar-refractivity contribution < 1.29 is 26.7 Å². The van der Waals surface area contributed by atoms with Crippen molar-refractivity contribution >= 4 is 5.91 Å². The predicted molar refractivity (Wildman–Crippen MR) is 63.4 cm³/mol. The second-order valence-electron chi connectivity index (χ2n) is 4.36. The number of hydrogen-bond acceptors (Lipinski definition) is 1. The normalized spacial score (nSPS) is 13.9. The third kappa shape index (κ3) is 3.46. The van der Waals surface area contributed by atoms with Gasteiger partial charge in [0.05, 0.1) is 6.04 Å². The molecule has 0 bridgehead atoms. The third-order valence-electron chi connectivity index (χ3n) is 2.88. The molecule has 0 aliphatic rings. The van der Waals surface area contributed by atoms with Crippen LogP contribution in [0.5, 0.6) is 0 Å². The first-order valence-corrected chi connectivity index (χ1v) is 5.94. The number of carbonyl (C=O) groups is 1. The van der Waals surface area contributed by atoms with Crippen LogP contribution in [-0.4, -0.2) is 18.0 Å². The quantitative estimate of drug-likeness (QED) is 0.844. The molecular formula is C13H14F5NO. The van der Waals surface area contributed by atoms with Crippen molar-refractivity contribution in [1.29, 1.82) is 0 Å². The minimum atomic E-state index is -5.90. The molecule has 0 spiro atoms. The molecule has 7 heteroatoms. The lowest BCUT2D eigenvalue weighted by Gasteiger charge is -2.21. The molecule has 20 heavy (non-hydrogen) atoms. The predicted octanol–water partition coefficient (Wildman–Crippen LogP) is 3.62. The van der Waals surface area contributed by atoms with Crippen molar-refractivity contribution in [3.8, 4) is 0 Å². The number of alkyl halides is 5. The number of benzene rings is 1. The number of rotatable bonds is 4. The molecule has 0 aliphatic carbocycles. The van der Waals surface area contributed by atoms with Crippen LogP contribution in [0.25, 0.3) is 0 Å². The van der Waals surface area contributed by atoms with Crippen LogP contribution in [0.1, 0.15) is 31.0 Å². The highest BCUT2D eigenvalue weighted by Crippen LogP contribution is 2.35. The van der Waals surface area contributed by atoms with Crippen LogP contribution in [-0.2, 0) is 11.2 Å². The van der Waals surface area contributed by atoms with Gasteiger partial charge in [0, 0.05) is 0 Å². The molecule has 0 saturated heterocycles. The lowest BCUT2D eigenvalue weighted by Crippen LogP contribution is -2.50. The molecule has 1 aromatic carbocycles. The van der Waals surface area contributed by atoms with Gasteiger partial charge in [-0.3, -0.25) is 4.79 Å². The van der Waals surface area contributed by atoms with E-state index < -0.39 is 24.0 Å². The molecule has 0 saturated carbocycles. The molecule has 2 nitrogen and oxygen atoms in total. The molecule has 0 aromatic heterocycles. The van der Waals surface area contributed by atoms with Crippen LogP contribution < -0.4 is 5.32 Å². The monoisotopic (exact) mass is 295 g/mol. The Balaban J connectivity index is 2.79. The maximum Gasteiger partial charge on any atom is 0.463 e. The summed E-state index contributed by atoms with van der Waals surface area (Å²) in [5.41, 5.74) is 1.45. The Morgan fingerprint density at radius 1 is 1.15 bits per heavy atom. The van der Waals surface area contributed by atoms with Crippen molar-refractivity contribution in [1.82, 2.24) is 5.32 Å². The molecule has 1 N–H and O–H groups in total. The van der Waals surface area contributed by atoms with E-state index in [4.69, 9.17) is 0 Å². The second-order valence-corrected chi connectivity index (χ2v) is 4.36. The van der Waals surface area contributed by atoms with Gasteiger partial charge in [0.25, 0.3) is 0 Å². The summed E-state index contributed by atoms with van der Waals surface area (Å²) in [7, 11) is 0. The Labute approximate surface area is 113 Å². The molecule has 1 amide bonds. The maximum atomic E-state index is 12.8. The van der Waals surface area contributed by atoms with E-state index in [9.17, 15) is 26.7 Å². The first kappa shape index (κ1) is 16.4. The van der Waals surface area contributed by atoms with Gasteiger partial charge in [-0.2, -0.15) is 22.0 Å². The van der Waals surface area contributed by atoms with Gasteiger partial charge >= 0.3 is 18.0 Å². The lowest BCUT2D eigenvalue weighted by molar-refractivity contribution is -0.270. The molecule has 0 heterocycles. The minimum absolute atomic E-state index is 0.452. The van der Waals surface area contributed by atoms with Crippen molar-refractivity contribution in [2.24, 2.45) is 0 Å². The lowest BCUT2D eigenvalue weighted by atomic mass is 10.0. The van der Waals surface area contributed by atoms with E-state index in [1.165, 1.54) is 6.92 Å². The van der Waals surface area contributed by atoms with E-state index in [1.54, 1.807) is 29.6 Å². The summed E-state index contributed by atoms with van der Waals surface area (Å²) in [6, 6.07) is 5.66. The molecule has 1 rings (SSSR count). The topological polar surface area (TPSA) is 29.1 Å². The Hall–Kier alpha value is -1.66. The number of hydrogen-bond donors (Lipinski definition) is 1. The largest absolute Gasteiger partial charge is 0.463 e. The molecule has 0 fully saturated rings. The third-order valence-corrected chi connectivity index (χ3v) is 2.88. The van der Waals surface area contributed by atoms with Crippen LogP contribution in [0.4, 0.5) is 22.0 Å². The average Bonchev–Trinajstić information content (AvgIpc) is 2.37. The Kier molecular flexibility index (Phi) is 4.73. The SMILES string of the molecule is CCc1ccc(C(C)NC(=O)C(F)(F)C(F)(F)F)cc1. The summed E-state index contributed by atoms with van der Waals surface area (Å²) >= 11 is 0. The van der Waals surface area contributed by atoms with E-state index in [2.05, 4.69) is 0 Å². The number of nitrogens with one attached hydrogen (secondary N) is 1. The van der Waals surface area contributed by atoms with Crippen LogP contribution >= 0.6 is 0 Å². The highest BCUT2D eigenvalue weighted by atomic mass is 19.4. The molecule has 1 unspecified atom stereocenters. The summed E-state index contributed by atoms with van der Waals surface area (Å²) in [4.78, 5) is 11.0. The zero-order chi connectivity index (χ0) is 15.6. The van der Waals surface area contributed by atoms with Gasteiger partial charge in [0.1, 0.15) is 0 Å². The summed E-state index contributed by atoms with van der Waals surface area (Å²) < 4.78 is 61.6. The van der Waals surface area contributed by atoms with Gasteiger partial charge in [0.15, 0.2) is 0 Å². The van der Waals surface area contributed by atoms with E-state index in [-0.39, 0.29) is 0 Å². The van der Waals surface area contributed by atoms with Crippen LogP contribution in [0, 0.1) is 0 Å². The number of amides is 1. The fourth-order valence-electron chi connectivity index (χ4n) is 1.54. The highest BCUT2D eigenvalue weighted by Gasteiger charge is 2.63. The molecular weight excluding hydrogens is 281 g/mol. The molecule has 1 aromatic rings. The van der Waals surface area contributed by atoms with E-state index >= 15 is 0 Å². The van der Waals surface area contributed by atoms with Gasteiger partial charge in [-0.05, 0) is 24.5 Å². The summed E-state index contributed by atoms with van der Waals surface area (Å²) in [6.07, 6.45) is -5.13. The Bertz CT molecular complexity index is 467. The van der Waals surface area contributed by atoms with Gasteiger partial charge in [-0.25, -0.2) is 0 Å². The molecule has 1 atom stereocenters. The number of carbonyl (C=O) groups excluding carboxylic acids is 1. The molecule has 0 aliphatic heterocycles. The summed E-state index contributed by atoms with van der Waals surface area (Å²) in [5.74, 6) is -7.75. The minimum Gasteiger partial charge on any atom is -0.344 e. The highest BCUT2D eigenvalue weighted by molar-refractivity contribution is 5.84. The number of halogens is 5. The molecule has 112 valence electrons. The van der Waals surface area contributed by atoms with Crippen molar-refractivity contribution in [2.45, 2.75) is 38.4 Å². The van der Waals surface area contributed by atoms with Crippen molar-refractivity contribution in [3.63, 3.8) is 0 Å². The Morgan fingerprint density at radius 2 is 1.65 bits per heavy atom. The van der Waals surface area contributed by atoms with E-state index in [0.717, 1.165) is 12.0 Å². The first-order chi connectivity index (χ1) is 9.09. The zero-order valence-electron chi connectivity index (χ0n) is 10.9. The Morgan fingerprint density at radius 3 is 2.05 bits per heavy atom. The zero-order valence-corrected chi connectivity index (χ0v) is 10.9. The van der Waals surface area contributed by atoms with Crippen LogP contribution in [0.3, 0.4) is 0 Å². The summed E-state index contributed by atoms with van der Waals surface area (Å²) in [5, 5.41) is 1.67. The van der Waals surface area contributed by atoms with Crippen molar-refractivity contribution in [3.05, 3.63) is 35.4 Å². The smallest absolute Gasteiger partial charge is 0.344 e. The van der Waals surface area contributed by atoms with E-state index in [0.29, 0.717) is 5.56 Å². The number of aryl methyl sites for hydroxylation is 1. The van der Waals surface area contributed by atoms with Gasteiger partial charge in [-0.1, -0.05) is 31.2 Å². The van der Waals surface area contributed by atoms with Gasteiger partial charge in [0.2, 0.25) is 0 Å². The standard InChI is InChI=1S/C13H14F5NO/c1-3-9-4-6-10(7-5-9)8(2)19-11(20)12(14,15)13(16,17)18/h4-8H,3H2,1-2H3,(H,19,20). The van der Waals surface area contributed by atoms with E-state index in [1.807, 2.05) is 6.92 Å². The maximum absolute atomic E-state index is 12.8. The van der Waals surface area contributed by atoms with Crippen molar-refractivity contribution in [2.75, 3.05) is 0 Å². The summed E-state index contributed by atoms with van der Waals surface area (Å²) in [6.45, 7) is 3.26. The van der Waals surface area contributed by atoms with Gasteiger partial charge < -0.3 is 5.32 Å². The average molecular weight is 295 g/mol. The fraction of sp³-hybridized carbons (Fsp3) is 0.462. The molecule has 0 radical (unpaired) electrons. The van der Waals surface area contributed by atoms with Gasteiger partial charge in [-0.15, -0.1) is 0 Å². The fourth-order valence-corrected chi connectivity index (χ4v) is 1.54. The second kappa shape index (κ2) is 5.76. The van der Waals surface area contributed by atoms with Crippen LogP contribution in [0.2, 0.25) is 0 Å². The first-order valence-electron chi connectivity index (χ1n) is 5.94.